The van der Waals surface area contributed by atoms with E-state index >= 15 is 0 Å². The number of rotatable bonds is 30. The molecule has 71 heavy (non-hydrogen) atoms. The maximum absolute atomic E-state index is 13.3. The molecule has 0 aromatic heterocycles. The van der Waals surface area contributed by atoms with Gasteiger partial charge in [0.2, 0.25) is 0 Å². The molecule has 6 aromatic carbocycles. The predicted molar refractivity (Wildman–Crippen MR) is 280 cm³/mol. The van der Waals surface area contributed by atoms with Gasteiger partial charge in [-0.05, 0) is 151 Å². The van der Waals surface area contributed by atoms with Gasteiger partial charge in [-0.15, -0.1) is 0 Å². The van der Waals surface area contributed by atoms with Gasteiger partial charge in [0.25, 0.3) is 0 Å². The molecule has 0 saturated heterocycles. The lowest BCUT2D eigenvalue weighted by atomic mass is 10.0. The highest BCUT2D eigenvalue weighted by Gasteiger charge is 2.17. The quantitative estimate of drug-likeness (QED) is 0.0245. The number of carbonyl (C=O) groups excluding carboxylic acids is 4. The fourth-order valence-electron chi connectivity index (χ4n) is 8.16. The fraction of sp³-hybridized carbons (Fsp3) is 0.377. The summed E-state index contributed by atoms with van der Waals surface area (Å²) in [7, 11) is 0. The van der Waals surface area contributed by atoms with Crippen LogP contribution in [0.4, 0.5) is 0 Å². The molecule has 0 aliphatic rings. The Hall–Kier alpha value is -6.94. The summed E-state index contributed by atoms with van der Waals surface area (Å²) in [6.45, 7) is 7.56. The van der Waals surface area contributed by atoms with E-state index in [2.05, 4.69) is 13.8 Å². The Kier molecular flexibility index (Phi) is 22.0. The molecule has 6 aromatic rings. The van der Waals surface area contributed by atoms with Crippen LogP contribution in [-0.4, -0.2) is 37.1 Å². The highest BCUT2D eigenvalue weighted by molar-refractivity contribution is 5.99. The Morgan fingerprint density at radius 1 is 0.338 bits per heavy atom. The van der Waals surface area contributed by atoms with E-state index in [0.29, 0.717) is 63.9 Å². The summed E-state index contributed by atoms with van der Waals surface area (Å²) < 4.78 is 34.3. The first-order valence-electron chi connectivity index (χ1n) is 25.8. The molecule has 0 unspecified atom stereocenters. The van der Waals surface area contributed by atoms with Gasteiger partial charge in [0, 0.05) is 0 Å². The Balaban J connectivity index is 0.921. The predicted octanol–water partition coefficient (Wildman–Crippen LogP) is 15.8. The number of ether oxygens (including phenoxy) is 6. The van der Waals surface area contributed by atoms with Gasteiger partial charge in [-0.1, -0.05) is 129 Å². The van der Waals surface area contributed by atoms with Gasteiger partial charge in [-0.3, -0.25) is 0 Å². The summed E-state index contributed by atoms with van der Waals surface area (Å²) in [6, 6.07) is 34.8. The number of fused-ring (bicyclic) bond motifs is 1. The molecule has 0 aliphatic carbocycles. The zero-order valence-electron chi connectivity index (χ0n) is 41.8. The Morgan fingerprint density at radius 3 is 1.06 bits per heavy atom. The van der Waals surface area contributed by atoms with Crippen molar-refractivity contribution in [3.63, 3.8) is 0 Å². The topological polar surface area (TPSA) is 124 Å². The normalized spacial score (nSPS) is 11.0. The van der Waals surface area contributed by atoms with Crippen molar-refractivity contribution >= 4 is 34.6 Å². The molecule has 10 nitrogen and oxygen atoms in total. The van der Waals surface area contributed by atoms with Crippen molar-refractivity contribution in [2.75, 3.05) is 13.2 Å². The lowest BCUT2D eigenvalue weighted by molar-refractivity contribution is 0.0719. The summed E-state index contributed by atoms with van der Waals surface area (Å²) in [5.74, 6) is 0.339. The summed E-state index contributed by atoms with van der Waals surface area (Å²) >= 11 is 0. The Labute approximate surface area is 420 Å². The van der Waals surface area contributed by atoms with Crippen LogP contribution in [0.25, 0.3) is 10.8 Å². The number of hydrogen-bond donors (Lipinski definition) is 0. The number of unbranched alkanes of at least 4 members (excludes halogenated alkanes) is 16. The second-order valence-corrected chi connectivity index (χ2v) is 18.1. The van der Waals surface area contributed by atoms with Crippen molar-refractivity contribution in [2.45, 2.75) is 136 Å². The second kappa shape index (κ2) is 29.3. The molecule has 0 bridgehead atoms. The summed E-state index contributed by atoms with van der Waals surface area (Å²) in [4.78, 5) is 52.3. The van der Waals surface area contributed by atoms with E-state index in [-0.39, 0.29) is 17.1 Å². The first-order chi connectivity index (χ1) is 34.7. The number of aryl methyl sites for hydroxylation is 1. The zero-order chi connectivity index (χ0) is 50.0. The summed E-state index contributed by atoms with van der Waals surface area (Å²) in [6.07, 6.45) is 22.5. The molecule has 0 fully saturated rings. The first kappa shape index (κ1) is 53.4. The molecule has 0 radical (unpaired) electrons. The molecule has 0 saturated carbocycles. The standard InChI is InChI=1S/C61H70O10/c1-4-6-8-10-12-14-16-18-20-42-66-51-31-24-47(25-32-51)58(62)68-53-35-28-49(29-36-53)60(64)71-57-41-30-46-22-23-50(44-56(46)45(57)3)61(65)70-55-39-37-54(38-40-55)69-59(63)48-26-33-52(34-27-48)67-43-21-19-17-15-13-11-9-7-5-2/h22-41,44H,4-21,42-43H2,1-3H3. The van der Waals surface area contributed by atoms with Crippen molar-refractivity contribution in [3.05, 3.63) is 155 Å². The second-order valence-electron chi connectivity index (χ2n) is 18.1. The molecular weight excluding hydrogens is 893 g/mol. The van der Waals surface area contributed by atoms with E-state index < -0.39 is 23.9 Å². The molecule has 374 valence electrons. The van der Waals surface area contributed by atoms with E-state index in [4.69, 9.17) is 28.4 Å². The first-order valence-corrected chi connectivity index (χ1v) is 25.8. The average Bonchev–Trinajstić information content (AvgIpc) is 3.39. The minimum atomic E-state index is -0.602. The van der Waals surface area contributed by atoms with Crippen molar-refractivity contribution in [1.82, 2.24) is 0 Å². The van der Waals surface area contributed by atoms with Crippen LogP contribution in [0.15, 0.2) is 127 Å². The average molecular weight is 963 g/mol. The van der Waals surface area contributed by atoms with Crippen molar-refractivity contribution in [2.24, 2.45) is 0 Å². The van der Waals surface area contributed by atoms with Gasteiger partial charge in [-0.2, -0.15) is 0 Å². The third-order valence-electron chi connectivity index (χ3n) is 12.4. The number of esters is 4. The number of carbonyl (C=O) groups is 4. The summed E-state index contributed by atoms with van der Waals surface area (Å²) in [5.41, 5.74) is 1.97. The van der Waals surface area contributed by atoms with Gasteiger partial charge in [0.05, 0.1) is 35.5 Å². The molecule has 0 aliphatic heterocycles. The van der Waals surface area contributed by atoms with Crippen LogP contribution in [-0.2, 0) is 0 Å². The highest BCUT2D eigenvalue weighted by Crippen LogP contribution is 2.30. The fourth-order valence-corrected chi connectivity index (χ4v) is 8.16. The summed E-state index contributed by atoms with van der Waals surface area (Å²) in [5, 5.41) is 1.54. The number of hydrogen-bond acceptors (Lipinski definition) is 10. The van der Waals surface area contributed by atoms with Crippen LogP contribution in [0.3, 0.4) is 0 Å². The van der Waals surface area contributed by atoms with Crippen LogP contribution in [0.5, 0.6) is 34.5 Å². The van der Waals surface area contributed by atoms with Gasteiger partial charge >= 0.3 is 23.9 Å². The van der Waals surface area contributed by atoms with E-state index in [1.54, 1.807) is 110 Å². The smallest absolute Gasteiger partial charge is 0.343 e. The number of benzene rings is 6. The SMILES string of the molecule is CCCCCCCCCCCOc1ccc(C(=O)Oc2ccc(OC(=O)c3ccc4ccc(OC(=O)c5ccc(OC(=O)c6ccc(OCCCCCCCCCCC)cc6)cc5)c(C)c4c3)cc2)cc1. The van der Waals surface area contributed by atoms with Gasteiger partial charge in [-0.25, -0.2) is 19.2 Å². The van der Waals surface area contributed by atoms with Crippen LogP contribution in [0, 0.1) is 6.92 Å². The highest BCUT2D eigenvalue weighted by atomic mass is 16.5. The maximum atomic E-state index is 13.3. The van der Waals surface area contributed by atoms with E-state index in [9.17, 15) is 19.2 Å². The van der Waals surface area contributed by atoms with Crippen molar-refractivity contribution in [1.29, 1.82) is 0 Å². The third-order valence-corrected chi connectivity index (χ3v) is 12.4. The van der Waals surface area contributed by atoms with Gasteiger partial charge < -0.3 is 28.4 Å². The molecule has 0 atom stereocenters. The largest absolute Gasteiger partial charge is 0.494 e. The molecule has 6 rings (SSSR count). The van der Waals surface area contributed by atoms with Crippen LogP contribution in [0.2, 0.25) is 0 Å². The lowest BCUT2D eigenvalue weighted by Gasteiger charge is -2.12. The molecule has 0 heterocycles. The monoisotopic (exact) mass is 962 g/mol. The van der Waals surface area contributed by atoms with Crippen molar-refractivity contribution in [3.8, 4) is 34.5 Å². The molecule has 0 spiro atoms. The Bertz CT molecular complexity index is 2580. The minimum absolute atomic E-state index is 0.259. The van der Waals surface area contributed by atoms with Crippen LogP contribution in [0.1, 0.15) is 176 Å². The van der Waals surface area contributed by atoms with Gasteiger partial charge in [0.15, 0.2) is 0 Å². The molecule has 0 amide bonds. The molecule has 0 N–H and O–H groups in total. The van der Waals surface area contributed by atoms with E-state index in [0.717, 1.165) is 31.1 Å². The lowest BCUT2D eigenvalue weighted by Crippen LogP contribution is -2.11. The maximum Gasteiger partial charge on any atom is 0.343 e. The third kappa shape index (κ3) is 17.8. The molecular formula is C61H70O10. The zero-order valence-corrected chi connectivity index (χ0v) is 41.8. The van der Waals surface area contributed by atoms with E-state index in [1.165, 1.54) is 114 Å². The van der Waals surface area contributed by atoms with Crippen LogP contribution < -0.4 is 28.4 Å². The van der Waals surface area contributed by atoms with Gasteiger partial charge in [0.1, 0.15) is 34.5 Å². The van der Waals surface area contributed by atoms with Crippen LogP contribution >= 0.6 is 0 Å². The Morgan fingerprint density at radius 2 is 0.648 bits per heavy atom. The molecule has 10 heteroatoms. The van der Waals surface area contributed by atoms with E-state index in [1.807, 2.05) is 0 Å². The van der Waals surface area contributed by atoms with Crippen molar-refractivity contribution < 1.29 is 47.6 Å². The minimum Gasteiger partial charge on any atom is -0.494 e.